The Hall–Kier alpha value is -0.970. The van der Waals surface area contributed by atoms with Crippen LogP contribution < -0.4 is 5.32 Å². The number of nitrogens with one attached hydrogen (secondary N) is 1. The molecule has 18 heavy (non-hydrogen) atoms. The second-order valence-corrected chi connectivity index (χ2v) is 4.91. The second kappa shape index (κ2) is 6.83. The number of halogens is 1. The fourth-order valence-corrected chi connectivity index (χ4v) is 1.84. The number of hydrogen-bond acceptors (Lipinski definition) is 3. The van der Waals surface area contributed by atoms with Gasteiger partial charge in [0.2, 0.25) is 0 Å². The van der Waals surface area contributed by atoms with Crippen LogP contribution in [0.5, 0.6) is 0 Å². The van der Waals surface area contributed by atoms with Gasteiger partial charge in [-0.25, -0.2) is 4.39 Å². The van der Waals surface area contributed by atoms with Crippen LogP contribution in [0.2, 0.25) is 0 Å². The van der Waals surface area contributed by atoms with E-state index in [0.29, 0.717) is 26.1 Å². The predicted octanol–water partition coefficient (Wildman–Crippen LogP) is 1.66. The van der Waals surface area contributed by atoms with Gasteiger partial charge in [0, 0.05) is 26.6 Å². The first kappa shape index (κ1) is 15.1. The van der Waals surface area contributed by atoms with E-state index >= 15 is 0 Å². The summed E-state index contributed by atoms with van der Waals surface area (Å²) >= 11 is 0. The summed E-state index contributed by atoms with van der Waals surface area (Å²) in [5, 5.41) is 13.4. The Bertz CT molecular complexity index is 380. The monoisotopic (exact) mass is 255 g/mol. The van der Waals surface area contributed by atoms with Gasteiger partial charge in [-0.3, -0.25) is 0 Å². The van der Waals surface area contributed by atoms with Crippen molar-refractivity contribution in [3.8, 4) is 0 Å². The van der Waals surface area contributed by atoms with Gasteiger partial charge in [0.15, 0.2) is 0 Å². The van der Waals surface area contributed by atoms with Crippen molar-refractivity contribution in [3.05, 3.63) is 35.1 Å². The maximum absolute atomic E-state index is 13.2. The van der Waals surface area contributed by atoms with E-state index in [4.69, 9.17) is 4.74 Å². The van der Waals surface area contributed by atoms with Gasteiger partial charge >= 0.3 is 0 Å². The summed E-state index contributed by atoms with van der Waals surface area (Å²) in [5.74, 6) is -0.265. The number of benzene rings is 1. The Morgan fingerprint density at radius 3 is 2.83 bits per heavy atom. The van der Waals surface area contributed by atoms with Crippen molar-refractivity contribution in [2.75, 3.05) is 26.8 Å². The van der Waals surface area contributed by atoms with Crippen molar-refractivity contribution in [1.82, 2.24) is 5.32 Å². The SMILES string of the molecule is COCCNCC(C)(O)Cc1cc(F)ccc1C. The quantitative estimate of drug-likeness (QED) is 0.728. The zero-order valence-electron chi connectivity index (χ0n) is 11.3. The molecule has 1 aromatic rings. The maximum Gasteiger partial charge on any atom is 0.123 e. The normalized spacial score (nSPS) is 14.5. The summed E-state index contributed by atoms with van der Waals surface area (Å²) in [6.07, 6.45) is 0.427. The molecule has 0 fully saturated rings. The molecule has 0 aliphatic carbocycles. The van der Waals surface area contributed by atoms with Gasteiger partial charge < -0.3 is 15.2 Å². The molecule has 0 bridgehead atoms. The van der Waals surface area contributed by atoms with Crippen LogP contribution in [-0.4, -0.2) is 37.5 Å². The van der Waals surface area contributed by atoms with E-state index in [-0.39, 0.29) is 5.82 Å². The lowest BCUT2D eigenvalue weighted by Crippen LogP contribution is -2.41. The van der Waals surface area contributed by atoms with Crippen LogP contribution in [0.4, 0.5) is 4.39 Å². The molecular weight excluding hydrogens is 233 g/mol. The summed E-state index contributed by atoms with van der Waals surface area (Å²) in [6, 6.07) is 4.66. The molecule has 0 aromatic heterocycles. The molecule has 0 saturated heterocycles. The van der Waals surface area contributed by atoms with Gasteiger partial charge in [-0.15, -0.1) is 0 Å². The molecule has 0 spiro atoms. The third-order valence-electron chi connectivity index (χ3n) is 2.87. The molecule has 1 aromatic carbocycles. The number of rotatable bonds is 7. The molecule has 3 nitrogen and oxygen atoms in total. The van der Waals surface area contributed by atoms with Gasteiger partial charge in [0.1, 0.15) is 5.82 Å². The van der Waals surface area contributed by atoms with Crippen molar-refractivity contribution in [3.63, 3.8) is 0 Å². The number of ether oxygens (including phenoxy) is 1. The van der Waals surface area contributed by atoms with Crippen molar-refractivity contribution in [2.45, 2.75) is 25.9 Å². The summed E-state index contributed by atoms with van der Waals surface area (Å²) in [7, 11) is 1.63. The Kier molecular flexibility index (Phi) is 5.72. The molecule has 0 amide bonds. The van der Waals surface area contributed by atoms with Crippen LogP contribution in [0.15, 0.2) is 18.2 Å². The Morgan fingerprint density at radius 2 is 2.17 bits per heavy atom. The van der Waals surface area contributed by atoms with Crippen LogP contribution in [0, 0.1) is 12.7 Å². The zero-order valence-corrected chi connectivity index (χ0v) is 11.3. The highest BCUT2D eigenvalue weighted by Crippen LogP contribution is 2.17. The largest absolute Gasteiger partial charge is 0.389 e. The summed E-state index contributed by atoms with van der Waals surface area (Å²) < 4.78 is 18.1. The van der Waals surface area contributed by atoms with E-state index in [1.54, 1.807) is 20.1 Å². The molecule has 1 atom stereocenters. The molecule has 102 valence electrons. The zero-order chi connectivity index (χ0) is 13.6. The Balaban J connectivity index is 2.55. The van der Waals surface area contributed by atoms with Crippen molar-refractivity contribution in [1.29, 1.82) is 0 Å². The molecule has 0 saturated carbocycles. The fourth-order valence-electron chi connectivity index (χ4n) is 1.84. The van der Waals surface area contributed by atoms with Crippen LogP contribution >= 0.6 is 0 Å². The first-order valence-electron chi connectivity index (χ1n) is 6.12. The molecule has 4 heteroatoms. The van der Waals surface area contributed by atoms with Crippen LogP contribution in [0.1, 0.15) is 18.1 Å². The highest BCUT2D eigenvalue weighted by Gasteiger charge is 2.21. The molecule has 0 radical (unpaired) electrons. The maximum atomic E-state index is 13.2. The molecule has 2 N–H and O–H groups in total. The topological polar surface area (TPSA) is 41.5 Å². The Morgan fingerprint density at radius 1 is 1.44 bits per heavy atom. The van der Waals surface area contributed by atoms with Gasteiger partial charge in [-0.1, -0.05) is 6.07 Å². The molecule has 0 aliphatic heterocycles. The minimum atomic E-state index is -0.897. The molecule has 0 heterocycles. The highest BCUT2D eigenvalue weighted by molar-refractivity contribution is 5.28. The number of aliphatic hydroxyl groups is 1. The van der Waals surface area contributed by atoms with Crippen LogP contribution in [0.25, 0.3) is 0 Å². The predicted molar refractivity (Wildman–Crippen MR) is 70.2 cm³/mol. The average molecular weight is 255 g/mol. The lowest BCUT2D eigenvalue weighted by atomic mass is 9.93. The number of aryl methyl sites for hydroxylation is 1. The first-order chi connectivity index (χ1) is 8.44. The number of hydrogen-bond donors (Lipinski definition) is 2. The van der Waals surface area contributed by atoms with Gasteiger partial charge in [0.05, 0.1) is 12.2 Å². The van der Waals surface area contributed by atoms with E-state index in [9.17, 15) is 9.50 Å². The third kappa shape index (κ3) is 5.12. The summed E-state index contributed by atoms with van der Waals surface area (Å²) in [6.45, 7) is 5.41. The highest BCUT2D eigenvalue weighted by atomic mass is 19.1. The molecule has 1 unspecified atom stereocenters. The van der Waals surface area contributed by atoms with E-state index in [2.05, 4.69) is 5.32 Å². The minimum Gasteiger partial charge on any atom is -0.389 e. The van der Waals surface area contributed by atoms with Crippen molar-refractivity contribution >= 4 is 0 Å². The van der Waals surface area contributed by atoms with E-state index < -0.39 is 5.60 Å². The average Bonchev–Trinajstić information content (AvgIpc) is 2.29. The van der Waals surface area contributed by atoms with Crippen LogP contribution in [0.3, 0.4) is 0 Å². The fraction of sp³-hybridized carbons (Fsp3) is 0.571. The van der Waals surface area contributed by atoms with Gasteiger partial charge in [-0.2, -0.15) is 0 Å². The van der Waals surface area contributed by atoms with Gasteiger partial charge in [-0.05, 0) is 37.1 Å². The van der Waals surface area contributed by atoms with Gasteiger partial charge in [0.25, 0.3) is 0 Å². The Labute approximate surface area is 108 Å². The lowest BCUT2D eigenvalue weighted by Gasteiger charge is -2.24. The van der Waals surface area contributed by atoms with E-state index in [0.717, 1.165) is 11.1 Å². The molecule has 0 aliphatic rings. The smallest absolute Gasteiger partial charge is 0.123 e. The van der Waals surface area contributed by atoms with Crippen LogP contribution in [-0.2, 0) is 11.2 Å². The summed E-state index contributed by atoms with van der Waals surface area (Å²) in [5.41, 5.74) is 0.939. The standard InChI is InChI=1S/C14H22FNO2/c1-11-4-5-13(15)8-12(11)9-14(2,17)10-16-6-7-18-3/h4-5,8,16-17H,6-7,9-10H2,1-3H3. The molecular formula is C14H22FNO2. The minimum absolute atomic E-state index is 0.265. The lowest BCUT2D eigenvalue weighted by molar-refractivity contribution is 0.0579. The van der Waals surface area contributed by atoms with E-state index in [1.165, 1.54) is 12.1 Å². The van der Waals surface area contributed by atoms with Crippen molar-refractivity contribution in [2.24, 2.45) is 0 Å². The number of methoxy groups -OCH3 is 1. The summed E-state index contributed by atoms with van der Waals surface area (Å²) in [4.78, 5) is 0. The molecule has 1 rings (SSSR count). The third-order valence-corrected chi connectivity index (χ3v) is 2.87. The second-order valence-electron chi connectivity index (χ2n) is 4.91. The first-order valence-corrected chi connectivity index (χ1v) is 6.12. The van der Waals surface area contributed by atoms with Crippen molar-refractivity contribution < 1.29 is 14.2 Å². The van der Waals surface area contributed by atoms with E-state index in [1.807, 2.05) is 6.92 Å².